The highest BCUT2D eigenvalue weighted by molar-refractivity contribution is 6.24. The van der Waals surface area contributed by atoms with Crippen LogP contribution >= 0.6 is 0 Å². The molecule has 0 aliphatic carbocycles. The minimum absolute atomic E-state index is 0.0140. The van der Waals surface area contributed by atoms with Crippen molar-refractivity contribution < 1.29 is 35.8 Å². The standard InChI is InChI=1S/C39H36F6N4O4/c1-17-14-26(18(2)19(3)31(17)53-25-12-10-20(36(4,5)6)15-22(25)38(40,41)42)52-24-13-11-21(16-23(24)39(43,44)45)48-32(46)27-28-30(29(27)34(48)50)35(51)49(33(28)47)37(7,8)9/h10-16,46-47H,1-9H3. The van der Waals surface area contributed by atoms with Crippen LogP contribution in [0.1, 0.15) is 74.9 Å². The molecule has 0 amide bonds. The van der Waals surface area contributed by atoms with Crippen molar-refractivity contribution in [3.05, 3.63) is 108 Å². The van der Waals surface area contributed by atoms with Crippen molar-refractivity contribution in [2.24, 2.45) is 0 Å². The Labute approximate surface area is 298 Å². The second-order valence-corrected chi connectivity index (χ2v) is 15.3. The van der Waals surface area contributed by atoms with Crippen molar-refractivity contribution in [2.75, 3.05) is 0 Å². The van der Waals surface area contributed by atoms with E-state index in [9.17, 15) is 35.9 Å². The van der Waals surface area contributed by atoms with E-state index in [1.807, 2.05) is 0 Å². The van der Waals surface area contributed by atoms with Gasteiger partial charge in [-0.15, -0.1) is 0 Å². The molecule has 0 atom stereocenters. The quantitative estimate of drug-likeness (QED) is 0.172. The van der Waals surface area contributed by atoms with E-state index in [-0.39, 0.29) is 44.2 Å². The first-order valence-corrected chi connectivity index (χ1v) is 16.5. The molecule has 0 bridgehead atoms. The number of ether oxygens (including phenoxy) is 2. The van der Waals surface area contributed by atoms with Gasteiger partial charge in [0, 0.05) is 16.3 Å². The molecule has 0 saturated heterocycles. The molecule has 14 heteroatoms. The van der Waals surface area contributed by atoms with Gasteiger partial charge in [0.1, 0.15) is 39.5 Å². The number of hydrogen-bond acceptors (Lipinski definition) is 6. The average molecular weight is 739 g/mol. The summed E-state index contributed by atoms with van der Waals surface area (Å²) in [6, 6.07) is 8.06. The fraction of sp³-hybridized carbons (Fsp3) is 0.333. The fourth-order valence-electron chi connectivity index (χ4n) is 6.66. The van der Waals surface area contributed by atoms with Crippen molar-refractivity contribution in [1.82, 2.24) is 9.13 Å². The van der Waals surface area contributed by atoms with Gasteiger partial charge in [-0.25, -0.2) is 0 Å². The third-order valence-electron chi connectivity index (χ3n) is 9.51. The maximum Gasteiger partial charge on any atom is 0.420 e. The van der Waals surface area contributed by atoms with Crippen molar-refractivity contribution in [1.29, 1.82) is 10.8 Å². The molecule has 6 rings (SSSR count). The second-order valence-electron chi connectivity index (χ2n) is 15.3. The van der Waals surface area contributed by atoms with Crippen LogP contribution in [0.2, 0.25) is 0 Å². The van der Waals surface area contributed by atoms with E-state index in [0.717, 1.165) is 16.7 Å². The number of nitrogens with one attached hydrogen (secondary N) is 2. The van der Waals surface area contributed by atoms with Gasteiger partial charge in [0.15, 0.2) is 0 Å². The van der Waals surface area contributed by atoms with Crippen LogP contribution in [-0.2, 0) is 23.3 Å². The monoisotopic (exact) mass is 738 g/mol. The number of nitrogens with zero attached hydrogens (tertiary/aromatic N) is 2. The van der Waals surface area contributed by atoms with Gasteiger partial charge in [-0.3, -0.25) is 29.5 Å². The van der Waals surface area contributed by atoms with Crippen LogP contribution < -0.4 is 31.6 Å². The Morgan fingerprint density at radius 3 is 1.70 bits per heavy atom. The third kappa shape index (κ3) is 5.97. The lowest BCUT2D eigenvalue weighted by atomic mass is 9.86. The molecule has 0 spiro atoms. The van der Waals surface area contributed by atoms with Crippen molar-refractivity contribution >= 4 is 21.5 Å². The van der Waals surface area contributed by atoms with Crippen LogP contribution in [-0.4, -0.2) is 9.13 Å². The molecular weight excluding hydrogens is 702 g/mol. The van der Waals surface area contributed by atoms with E-state index in [2.05, 4.69) is 0 Å². The first kappa shape index (κ1) is 37.4. The molecule has 2 heterocycles. The zero-order valence-electron chi connectivity index (χ0n) is 30.3. The van der Waals surface area contributed by atoms with Crippen LogP contribution in [0.5, 0.6) is 23.0 Å². The van der Waals surface area contributed by atoms with E-state index < -0.39 is 62.5 Å². The minimum atomic E-state index is -4.99. The molecule has 4 aromatic carbocycles. The lowest BCUT2D eigenvalue weighted by Crippen LogP contribution is -2.38. The number of aromatic nitrogens is 2. The predicted molar refractivity (Wildman–Crippen MR) is 188 cm³/mol. The second kappa shape index (κ2) is 11.8. The Morgan fingerprint density at radius 2 is 1.13 bits per heavy atom. The van der Waals surface area contributed by atoms with E-state index in [1.165, 1.54) is 36.6 Å². The lowest BCUT2D eigenvalue weighted by Gasteiger charge is -2.24. The minimum Gasteiger partial charge on any atom is -0.456 e. The average Bonchev–Trinajstić information content (AvgIpc) is 3.34. The summed E-state index contributed by atoms with van der Waals surface area (Å²) in [5.41, 5.74) is -4.59. The lowest BCUT2D eigenvalue weighted by molar-refractivity contribution is -0.139. The summed E-state index contributed by atoms with van der Waals surface area (Å²) in [5.74, 6) is -0.989. The normalized spacial score (nSPS) is 13.1. The number of alkyl halides is 6. The predicted octanol–water partition coefficient (Wildman–Crippen LogP) is 9.18. The van der Waals surface area contributed by atoms with E-state index in [4.69, 9.17) is 20.3 Å². The molecule has 0 fully saturated rings. The van der Waals surface area contributed by atoms with E-state index >= 15 is 0 Å². The van der Waals surface area contributed by atoms with Gasteiger partial charge in [-0.05, 0) is 106 Å². The third-order valence-corrected chi connectivity index (χ3v) is 9.51. The molecule has 8 nitrogen and oxygen atoms in total. The first-order valence-electron chi connectivity index (χ1n) is 16.5. The van der Waals surface area contributed by atoms with Crippen molar-refractivity contribution in [3.63, 3.8) is 0 Å². The Hall–Kier alpha value is -5.40. The molecule has 0 unspecified atom stereocenters. The maximum atomic E-state index is 14.6. The molecule has 6 aromatic rings. The van der Waals surface area contributed by atoms with Crippen LogP contribution in [0.3, 0.4) is 0 Å². The highest BCUT2D eigenvalue weighted by Gasteiger charge is 2.38. The Balaban J connectivity index is 1.40. The van der Waals surface area contributed by atoms with Gasteiger partial charge in [0.2, 0.25) is 0 Å². The summed E-state index contributed by atoms with van der Waals surface area (Å²) in [4.78, 5) is 26.7. The molecule has 0 radical (unpaired) electrons. The smallest absolute Gasteiger partial charge is 0.420 e. The number of aryl methyl sites for hydroxylation is 1. The van der Waals surface area contributed by atoms with E-state index in [0.29, 0.717) is 28.3 Å². The summed E-state index contributed by atoms with van der Waals surface area (Å²) in [6.45, 7) is 15.1. The Morgan fingerprint density at radius 1 is 0.604 bits per heavy atom. The highest BCUT2D eigenvalue weighted by Crippen LogP contribution is 2.45. The molecule has 0 aliphatic rings. The van der Waals surface area contributed by atoms with Gasteiger partial charge >= 0.3 is 12.4 Å². The van der Waals surface area contributed by atoms with Crippen molar-refractivity contribution in [3.8, 4) is 28.7 Å². The van der Waals surface area contributed by atoms with Crippen LogP contribution in [0.25, 0.3) is 27.2 Å². The molecule has 0 saturated carbocycles. The summed E-state index contributed by atoms with van der Waals surface area (Å²) >= 11 is 0. The topological polar surface area (TPSA) is 110 Å². The van der Waals surface area contributed by atoms with E-state index in [1.54, 1.807) is 54.5 Å². The summed E-state index contributed by atoms with van der Waals surface area (Å²) < 4.78 is 99.8. The van der Waals surface area contributed by atoms with Gasteiger partial charge < -0.3 is 9.47 Å². The largest absolute Gasteiger partial charge is 0.456 e. The number of rotatable bonds is 5. The van der Waals surface area contributed by atoms with Crippen LogP contribution in [0.15, 0.2) is 52.1 Å². The highest BCUT2D eigenvalue weighted by atomic mass is 19.4. The molecule has 2 aromatic heterocycles. The number of halogens is 6. The van der Waals surface area contributed by atoms with Crippen LogP contribution in [0.4, 0.5) is 26.3 Å². The van der Waals surface area contributed by atoms with Gasteiger partial charge in [-0.1, -0.05) is 26.8 Å². The zero-order chi connectivity index (χ0) is 39.5. The number of hydrogen-bond donors (Lipinski definition) is 2. The summed E-state index contributed by atoms with van der Waals surface area (Å²) in [7, 11) is 0. The van der Waals surface area contributed by atoms with Gasteiger partial charge in [0.25, 0.3) is 11.1 Å². The molecular formula is C39H36F6N4O4. The van der Waals surface area contributed by atoms with Gasteiger partial charge in [-0.2, -0.15) is 26.3 Å². The number of benzene rings is 3. The van der Waals surface area contributed by atoms with Gasteiger partial charge in [0.05, 0.1) is 22.0 Å². The molecule has 0 aliphatic heterocycles. The first-order chi connectivity index (χ1) is 24.2. The maximum absolute atomic E-state index is 14.6. The summed E-state index contributed by atoms with van der Waals surface area (Å²) in [6.07, 6.45) is -9.72. The summed E-state index contributed by atoms with van der Waals surface area (Å²) in [5, 5.41) is 17.3. The number of fused-ring (bicyclic) bond motifs is 4. The fourth-order valence-corrected chi connectivity index (χ4v) is 6.66. The Bertz CT molecular complexity index is 2610. The molecule has 278 valence electrons. The zero-order valence-corrected chi connectivity index (χ0v) is 30.3. The molecule has 53 heavy (non-hydrogen) atoms. The SMILES string of the molecule is Cc1cc(Oc2ccc(-n3c(=N)c4c(c3=O)c3c(=O)n(C(C)(C)C)c(=N)c43)cc2C(F)(F)F)c(C)c(C)c1Oc1ccc(C(C)(C)C)cc1C(F)(F)F. The van der Waals surface area contributed by atoms with Crippen molar-refractivity contribution in [2.45, 2.75) is 85.6 Å². The molecule has 2 N–H and O–H groups in total. The Kier molecular flexibility index (Phi) is 8.32. The van der Waals surface area contributed by atoms with Crippen LogP contribution in [0, 0.1) is 31.6 Å².